The number of H-pyrrole nitrogens is 2. The molecular formula is C21H20N6O2. The highest BCUT2D eigenvalue weighted by Gasteiger charge is 2.22. The van der Waals surface area contributed by atoms with Crippen LogP contribution in [-0.4, -0.2) is 31.8 Å². The van der Waals surface area contributed by atoms with Gasteiger partial charge in [0.15, 0.2) is 5.69 Å². The molecule has 2 amide bonds. The number of hydrogen-bond donors (Lipinski definition) is 4. The van der Waals surface area contributed by atoms with Gasteiger partial charge in [0.25, 0.3) is 11.8 Å². The molecule has 4 N–H and O–H groups in total. The van der Waals surface area contributed by atoms with Crippen molar-refractivity contribution in [1.29, 1.82) is 0 Å². The number of anilines is 2. The van der Waals surface area contributed by atoms with Crippen LogP contribution in [0.15, 0.2) is 54.9 Å². The predicted octanol–water partition coefficient (Wildman–Crippen LogP) is 3.91. The summed E-state index contributed by atoms with van der Waals surface area (Å²) in [6.45, 7) is 4.09. The third-order valence-corrected chi connectivity index (χ3v) is 4.53. The van der Waals surface area contributed by atoms with Crippen molar-refractivity contribution in [2.45, 2.75) is 19.8 Å². The van der Waals surface area contributed by atoms with E-state index in [1.807, 2.05) is 62.4 Å². The van der Waals surface area contributed by atoms with Crippen molar-refractivity contribution in [3.8, 4) is 0 Å². The summed E-state index contributed by atoms with van der Waals surface area (Å²) in [7, 11) is 0. The van der Waals surface area contributed by atoms with Gasteiger partial charge in [0.05, 0.1) is 17.4 Å². The Morgan fingerprint density at radius 3 is 2.52 bits per heavy atom. The number of carbonyl (C=O) groups excluding carboxylic acids is 2. The van der Waals surface area contributed by atoms with E-state index in [1.54, 1.807) is 0 Å². The molecule has 29 heavy (non-hydrogen) atoms. The number of nitrogens with zero attached hydrogens (tertiary/aromatic N) is 2. The van der Waals surface area contributed by atoms with E-state index in [4.69, 9.17) is 0 Å². The van der Waals surface area contributed by atoms with Crippen molar-refractivity contribution in [1.82, 2.24) is 19.9 Å². The molecule has 2 aromatic carbocycles. The first-order valence-electron chi connectivity index (χ1n) is 9.22. The van der Waals surface area contributed by atoms with Gasteiger partial charge in [-0.15, -0.1) is 0 Å². The number of carbonyl (C=O) groups is 2. The Kier molecular flexibility index (Phi) is 4.82. The lowest BCUT2D eigenvalue weighted by molar-refractivity contribution is 0.0985. The molecule has 2 aromatic heterocycles. The van der Waals surface area contributed by atoms with Crippen molar-refractivity contribution >= 4 is 34.5 Å². The van der Waals surface area contributed by atoms with Crippen LogP contribution in [0.3, 0.4) is 0 Å². The Bertz CT molecular complexity index is 1160. The van der Waals surface area contributed by atoms with Crippen LogP contribution in [0.25, 0.3) is 11.0 Å². The van der Waals surface area contributed by atoms with E-state index in [9.17, 15) is 9.59 Å². The van der Waals surface area contributed by atoms with Crippen molar-refractivity contribution < 1.29 is 9.59 Å². The van der Waals surface area contributed by atoms with Gasteiger partial charge in [-0.05, 0) is 29.7 Å². The molecule has 0 fully saturated rings. The predicted molar refractivity (Wildman–Crippen MR) is 111 cm³/mol. The van der Waals surface area contributed by atoms with Gasteiger partial charge in [0, 0.05) is 5.69 Å². The molecule has 0 bridgehead atoms. The summed E-state index contributed by atoms with van der Waals surface area (Å²) in [4.78, 5) is 39.6. The smallest absolute Gasteiger partial charge is 0.276 e. The number of fused-ring (bicyclic) bond motifs is 1. The van der Waals surface area contributed by atoms with Gasteiger partial charge in [-0.3, -0.25) is 14.9 Å². The third kappa shape index (κ3) is 3.73. The minimum absolute atomic E-state index is 0.0113. The lowest BCUT2D eigenvalue weighted by Gasteiger charge is -2.13. The zero-order valence-electron chi connectivity index (χ0n) is 16.0. The number of aromatic amines is 2. The lowest BCUT2D eigenvalue weighted by atomic mass is 10.0. The molecule has 0 unspecified atom stereocenters. The average molecular weight is 388 g/mol. The fourth-order valence-corrected chi connectivity index (χ4v) is 3.12. The van der Waals surface area contributed by atoms with Gasteiger partial charge in [-0.25, -0.2) is 9.97 Å². The monoisotopic (exact) mass is 388 g/mol. The second-order valence-corrected chi connectivity index (χ2v) is 6.88. The van der Waals surface area contributed by atoms with Crippen LogP contribution in [-0.2, 0) is 0 Å². The topological polar surface area (TPSA) is 116 Å². The highest BCUT2D eigenvalue weighted by Crippen LogP contribution is 2.24. The molecule has 0 aliphatic carbocycles. The molecule has 4 rings (SSSR count). The first kappa shape index (κ1) is 18.4. The maximum Gasteiger partial charge on any atom is 0.276 e. The average Bonchev–Trinajstić information content (AvgIpc) is 3.34. The molecule has 2 heterocycles. The Hall–Kier alpha value is -3.94. The molecule has 0 atom stereocenters. The fraction of sp³-hybridized carbons (Fsp3) is 0.143. The van der Waals surface area contributed by atoms with Crippen LogP contribution in [0.1, 0.15) is 46.3 Å². The summed E-state index contributed by atoms with van der Waals surface area (Å²) in [6, 6.07) is 15.0. The number of benzene rings is 2. The van der Waals surface area contributed by atoms with E-state index >= 15 is 0 Å². The maximum absolute atomic E-state index is 12.8. The minimum Gasteiger partial charge on any atom is -0.340 e. The third-order valence-electron chi connectivity index (χ3n) is 4.53. The molecule has 0 aliphatic rings. The molecular weight excluding hydrogens is 368 g/mol. The molecule has 0 aliphatic heterocycles. The van der Waals surface area contributed by atoms with E-state index in [0.29, 0.717) is 11.6 Å². The number of amides is 2. The highest BCUT2D eigenvalue weighted by atomic mass is 16.2. The highest BCUT2D eigenvalue weighted by molar-refractivity contribution is 6.13. The molecule has 0 saturated heterocycles. The quantitative estimate of drug-likeness (QED) is 0.415. The van der Waals surface area contributed by atoms with E-state index in [0.717, 1.165) is 16.6 Å². The Morgan fingerprint density at radius 2 is 1.72 bits per heavy atom. The molecule has 8 nitrogen and oxygen atoms in total. The molecule has 4 aromatic rings. The number of imidazole rings is 2. The summed E-state index contributed by atoms with van der Waals surface area (Å²) in [5, 5.41) is 5.52. The number of para-hydroxylation sites is 3. The van der Waals surface area contributed by atoms with Crippen LogP contribution in [0.2, 0.25) is 0 Å². The number of aromatic nitrogens is 4. The summed E-state index contributed by atoms with van der Waals surface area (Å²) >= 11 is 0. The largest absolute Gasteiger partial charge is 0.340 e. The van der Waals surface area contributed by atoms with Crippen molar-refractivity contribution in [3.63, 3.8) is 0 Å². The van der Waals surface area contributed by atoms with Crippen molar-refractivity contribution in [3.05, 3.63) is 71.8 Å². The molecule has 8 heteroatoms. The van der Waals surface area contributed by atoms with E-state index in [-0.39, 0.29) is 17.3 Å². The van der Waals surface area contributed by atoms with Gasteiger partial charge >= 0.3 is 0 Å². The van der Waals surface area contributed by atoms with Crippen molar-refractivity contribution in [2.75, 3.05) is 10.6 Å². The van der Waals surface area contributed by atoms with E-state index < -0.39 is 11.8 Å². The minimum atomic E-state index is -0.510. The lowest BCUT2D eigenvalue weighted by Crippen LogP contribution is -2.21. The molecule has 0 radical (unpaired) electrons. The second-order valence-electron chi connectivity index (χ2n) is 6.88. The Morgan fingerprint density at radius 1 is 0.966 bits per heavy atom. The van der Waals surface area contributed by atoms with Crippen LogP contribution in [0.4, 0.5) is 11.6 Å². The maximum atomic E-state index is 12.8. The Labute approximate surface area is 166 Å². The summed E-state index contributed by atoms with van der Waals surface area (Å²) in [6.07, 6.45) is 1.32. The normalized spacial score (nSPS) is 11.0. The summed E-state index contributed by atoms with van der Waals surface area (Å²) in [5.74, 6) is -0.443. The number of nitrogens with one attached hydrogen (secondary N) is 4. The van der Waals surface area contributed by atoms with Crippen LogP contribution in [0.5, 0.6) is 0 Å². The standard InChI is InChI=1S/C21H20N6O2/c1-12(2)13-7-3-4-8-14(13)24-19(28)17-18(23-11-22-17)20(29)27-21-25-15-9-5-6-10-16(15)26-21/h3-12H,1-2H3,(H,22,23)(H,24,28)(H2,25,26,27,29). The van der Waals surface area contributed by atoms with Gasteiger partial charge in [0.2, 0.25) is 5.95 Å². The van der Waals surface area contributed by atoms with Gasteiger partial charge < -0.3 is 15.3 Å². The first-order valence-corrected chi connectivity index (χ1v) is 9.22. The molecule has 0 saturated carbocycles. The zero-order valence-corrected chi connectivity index (χ0v) is 16.0. The van der Waals surface area contributed by atoms with E-state index in [2.05, 4.69) is 30.6 Å². The Balaban J connectivity index is 1.54. The second kappa shape index (κ2) is 7.59. The van der Waals surface area contributed by atoms with Crippen LogP contribution < -0.4 is 10.6 Å². The van der Waals surface area contributed by atoms with Gasteiger partial charge in [0.1, 0.15) is 5.69 Å². The first-order chi connectivity index (χ1) is 14.0. The summed E-state index contributed by atoms with van der Waals surface area (Å²) in [5.41, 5.74) is 3.30. The SMILES string of the molecule is CC(C)c1ccccc1NC(=O)c1nc[nH]c1C(=O)Nc1nc2ccccc2[nH]1. The molecule has 0 spiro atoms. The number of hydrogen-bond acceptors (Lipinski definition) is 4. The van der Waals surface area contributed by atoms with Crippen LogP contribution in [0, 0.1) is 0 Å². The summed E-state index contributed by atoms with van der Waals surface area (Å²) < 4.78 is 0. The van der Waals surface area contributed by atoms with Crippen molar-refractivity contribution in [2.24, 2.45) is 0 Å². The fourth-order valence-electron chi connectivity index (χ4n) is 3.12. The van der Waals surface area contributed by atoms with Crippen LogP contribution >= 0.6 is 0 Å². The van der Waals surface area contributed by atoms with E-state index in [1.165, 1.54) is 6.33 Å². The molecule has 146 valence electrons. The van der Waals surface area contributed by atoms with Gasteiger partial charge in [-0.1, -0.05) is 44.2 Å². The zero-order chi connectivity index (χ0) is 20.4. The number of rotatable bonds is 5. The van der Waals surface area contributed by atoms with Gasteiger partial charge in [-0.2, -0.15) is 0 Å².